The van der Waals surface area contributed by atoms with Crippen LogP contribution in [-0.4, -0.2) is 23.2 Å². The van der Waals surface area contributed by atoms with Crippen molar-refractivity contribution in [3.8, 4) is 16.9 Å². The van der Waals surface area contributed by atoms with Crippen molar-refractivity contribution in [1.29, 1.82) is 0 Å². The Morgan fingerprint density at radius 1 is 1.06 bits per heavy atom. The highest BCUT2D eigenvalue weighted by Crippen LogP contribution is 2.31. The Balaban J connectivity index is 0.00000361. The first-order valence-electron chi connectivity index (χ1n) is 12.1. The van der Waals surface area contributed by atoms with Gasteiger partial charge < -0.3 is 20.9 Å². The molecule has 5 nitrogen and oxygen atoms in total. The molecule has 1 atom stereocenters. The third kappa shape index (κ3) is 7.41. The topological polar surface area (TPSA) is 84.6 Å². The van der Waals surface area contributed by atoms with Gasteiger partial charge in [-0.3, -0.25) is 4.79 Å². The molecule has 1 heterocycles. The number of nitrogens with one attached hydrogen (secondary N) is 1. The first-order chi connectivity index (χ1) is 16.7. The van der Waals surface area contributed by atoms with Crippen molar-refractivity contribution in [3.63, 3.8) is 0 Å². The molecule has 0 spiro atoms. The van der Waals surface area contributed by atoms with Crippen molar-refractivity contribution in [2.24, 2.45) is 5.73 Å². The molecule has 3 aromatic carbocycles. The van der Waals surface area contributed by atoms with E-state index < -0.39 is 5.60 Å². The van der Waals surface area contributed by atoms with Crippen LogP contribution in [0.3, 0.4) is 0 Å². The maximum atomic E-state index is 13.1. The zero-order valence-electron chi connectivity index (χ0n) is 21.1. The van der Waals surface area contributed by atoms with E-state index in [9.17, 15) is 9.90 Å². The number of halogens is 1. The van der Waals surface area contributed by atoms with Gasteiger partial charge in [-0.1, -0.05) is 48.0 Å². The van der Waals surface area contributed by atoms with E-state index in [1.165, 1.54) is 5.56 Å². The number of amides is 1. The van der Waals surface area contributed by atoms with Crippen LogP contribution >= 0.6 is 24.0 Å². The van der Waals surface area contributed by atoms with E-state index in [4.69, 9.17) is 10.5 Å². The monoisotopic (exact) mass is 598 g/mol. The predicted molar refractivity (Wildman–Crippen MR) is 158 cm³/mol. The lowest BCUT2D eigenvalue weighted by atomic mass is 9.95. The number of aliphatic hydroxyl groups is 1. The Hall–Kier alpha value is -2.68. The maximum Gasteiger partial charge on any atom is 0.251 e. The van der Waals surface area contributed by atoms with Crippen molar-refractivity contribution in [2.45, 2.75) is 51.7 Å². The minimum Gasteiger partial charge on any atom is -0.493 e. The molecule has 36 heavy (non-hydrogen) atoms. The van der Waals surface area contributed by atoms with Crippen LogP contribution in [-0.2, 0) is 4.79 Å². The number of nitrogens with two attached hydrogens (primary N) is 1. The Morgan fingerprint density at radius 3 is 2.39 bits per heavy atom. The minimum atomic E-state index is -0.735. The molecule has 0 aromatic heterocycles. The van der Waals surface area contributed by atoms with Crippen LogP contribution in [0.5, 0.6) is 5.75 Å². The molecule has 1 aliphatic rings. The van der Waals surface area contributed by atoms with Crippen LogP contribution in [0.25, 0.3) is 17.2 Å². The molecule has 0 aliphatic carbocycles. The summed E-state index contributed by atoms with van der Waals surface area (Å²) >= 11 is 0. The normalized spacial score (nSPS) is 13.9. The molecule has 0 saturated heterocycles. The fourth-order valence-electron chi connectivity index (χ4n) is 4.13. The lowest BCUT2D eigenvalue weighted by molar-refractivity contribution is -0.113. The Bertz CT molecular complexity index is 1210. The number of hydrogen-bond donors (Lipinski definition) is 3. The summed E-state index contributed by atoms with van der Waals surface area (Å²) in [5.74, 6) is 0.648. The van der Waals surface area contributed by atoms with Crippen molar-refractivity contribution in [3.05, 3.63) is 89.0 Å². The summed E-state index contributed by atoms with van der Waals surface area (Å²) < 4.78 is 5.91. The van der Waals surface area contributed by atoms with E-state index in [1.54, 1.807) is 13.8 Å². The highest BCUT2D eigenvalue weighted by Gasteiger charge is 2.18. The molecule has 1 amide bonds. The van der Waals surface area contributed by atoms with Gasteiger partial charge in [0.1, 0.15) is 5.75 Å². The fourth-order valence-corrected chi connectivity index (χ4v) is 4.13. The van der Waals surface area contributed by atoms with Gasteiger partial charge in [-0.25, -0.2) is 0 Å². The van der Waals surface area contributed by atoms with Gasteiger partial charge in [-0.05, 0) is 80.6 Å². The second kappa shape index (κ2) is 12.0. The number of benzene rings is 3. The third-order valence-electron chi connectivity index (χ3n) is 6.31. The lowest BCUT2D eigenvalue weighted by Crippen LogP contribution is -2.21. The Labute approximate surface area is 230 Å². The fraction of sp³-hybridized carbons (Fsp3) is 0.300. The number of rotatable bonds is 7. The number of aryl methyl sites for hydroxylation is 1. The van der Waals surface area contributed by atoms with Crippen LogP contribution in [0.15, 0.2) is 72.3 Å². The molecular formula is C30H35IN2O3. The number of fused-ring (bicyclic) bond motifs is 1. The van der Waals surface area contributed by atoms with Gasteiger partial charge in [0.05, 0.1) is 12.2 Å². The SMILES string of the molecule is Cc1ccc(-c2ccc3c(c2)C=C(C(=O)Nc2ccc(C(N)CCC(C)(C)O)cc2)CCO3)cc1.I. The standard InChI is InChI=1S/C30H34N2O3.HI/c1-20-4-6-21(7-5-20)23-10-13-28-25(18-23)19-24(15-17-35-28)29(33)32-26-11-8-22(9-12-26)27(31)14-16-30(2,3)34;/h4-13,18-19,27,34H,14-17,31H2,1-3H3,(H,32,33);1H. The molecule has 1 unspecified atom stereocenters. The number of carbonyl (C=O) groups is 1. The highest BCUT2D eigenvalue weighted by molar-refractivity contribution is 14.0. The van der Waals surface area contributed by atoms with Gasteiger partial charge in [-0.2, -0.15) is 0 Å². The van der Waals surface area contributed by atoms with Crippen LogP contribution in [0.1, 0.15) is 55.8 Å². The summed E-state index contributed by atoms with van der Waals surface area (Å²) in [6.07, 6.45) is 3.76. The molecule has 190 valence electrons. The molecule has 0 saturated carbocycles. The zero-order valence-corrected chi connectivity index (χ0v) is 23.4. The third-order valence-corrected chi connectivity index (χ3v) is 6.31. The van der Waals surface area contributed by atoms with Crippen molar-refractivity contribution in [1.82, 2.24) is 0 Å². The molecule has 4 N–H and O–H groups in total. The predicted octanol–water partition coefficient (Wildman–Crippen LogP) is 6.64. The zero-order chi connectivity index (χ0) is 25.0. The van der Waals surface area contributed by atoms with Crippen molar-refractivity contribution in [2.75, 3.05) is 11.9 Å². The average Bonchev–Trinajstić information content (AvgIpc) is 3.05. The molecule has 6 heteroatoms. The van der Waals surface area contributed by atoms with Gasteiger partial charge in [0, 0.05) is 29.3 Å². The largest absolute Gasteiger partial charge is 0.493 e. The van der Waals surface area contributed by atoms with Gasteiger partial charge in [0.15, 0.2) is 0 Å². The molecule has 0 fully saturated rings. The van der Waals surface area contributed by atoms with Crippen LogP contribution in [0, 0.1) is 6.92 Å². The van der Waals surface area contributed by atoms with Gasteiger partial charge in [0.25, 0.3) is 5.91 Å². The van der Waals surface area contributed by atoms with Gasteiger partial charge >= 0.3 is 0 Å². The second-order valence-corrected chi connectivity index (χ2v) is 9.92. The quantitative estimate of drug-likeness (QED) is 0.267. The van der Waals surface area contributed by atoms with E-state index in [-0.39, 0.29) is 35.9 Å². The maximum absolute atomic E-state index is 13.1. The molecule has 0 radical (unpaired) electrons. The summed E-state index contributed by atoms with van der Waals surface area (Å²) in [6.45, 7) is 6.09. The first kappa shape index (κ1) is 27.9. The second-order valence-electron chi connectivity index (χ2n) is 9.92. The summed E-state index contributed by atoms with van der Waals surface area (Å²) in [6, 6.07) is 21.9. The first-order valence-corrected chi connectivity index (χ1v) is 12.1. The summed E-state index contributed by atoms with van der Waals surface area (Å²) in [5, 5.41) is 12.9. The molecule has 0 bridgehead atoms. The minimum absolute atomic E-state index is 0. The molecular weight excluding hydrogens is 563 g/mol. The van der Waals surface area contributed by atoms with E-state index in [0.717, 1.165) is 28.0 Å². The molecule has 4 rings (SSSR count). The van der Waals surface area contributed by atoms with E-state index in [0.29, 0.717) is 37.1 Å². The number of hydrogen-bond acceptors (Lipinski definition) is 4. The van der Waals surface area contributed by atoms with Gasteiger partial charge in [0.2, 0.25) is 0 Å². The number of anilines is 1. The summed E-state index contributed by atoms with van der Waals surface area (Å²) in [5.41, 5.74) is 12.2. The Morgan fingerprint density at radius 2 is 1.72 bits per heavy atom. The van der Waals surface area contributed by atoms with Gasteiger partial charge in [-0.15, -0.1) is 24.0 Å². The highest BCUT2D eigenvalue weighted by atomic mass is 127. The number of carbonyl (C=O) groups excluding carboxylic acids is 1. The van der Waals surface area contributed by atoms with Crippen molar-refractivity contribution < 1.29 is 14.6 Å². The van der Waals surface area contributed by atoms with Crippen LogP contribution in [0.4, 0.5) is 5.69 Å². The van der Waals surface area contributed by atoms with E-state index in [1.807, 2.05) is 36.4 Å². The Kier molecular flexibility index (Phi) is 9.33. The lowest BCUT2D eigenvalue weighted by Gasteiger charge is -2.20. The average molecular weight is 599 g/mol. The van der Waals surface area contributed by atoms with E-state index in [2.05, 4.69) is 48.6 Å². The van der Waals surface area contributed by atoms with Crippen LogP contribution < -0.4 is 15.8 Å². The molecule has 3 aromatic rings. The number of ether oxygens (including phenoxy) is 1. The molecule has 1 aliphatic heterocycles. The van der Waals surface area contributed by atoms with Crippen LogP contribution in [0.2, 0.25) is 0 Å². The van der Waals surface area contributed by atoms with E-state index >= 15 is 0 Å². The summed E-state index contributed by atoms with van der Waals surface area (Å²) in [4.78, 5) is 13.1. The smallest absolute Gasteiger partial charge is 0.251 e. The van der Waals surface area contributed by atoms with Crippen molar-refractivity contribution >= 4 is 41.6 Å². The summed E-state index contributed by atoms with van der Waals surface area (Å²) in [7, 11) is 0.